The van der Waals surface area contributed by atoms with Gasteiger partial charge in [-0.25, -0.2) is 0 Å². The summed E-state index contributed by atoms with van der Waals surface area (Å²) >= 11 is 7.39. The first-order valence-electron chi connectivity index (χ1n) is 10.3. The number of amides is 1. The summed E-state index contributed by atoms with van der Waals surface area (Å²) in [7, 11) is 3.20. The van der Waals surface area contributed by atoms with Gasteiger partial charge in [-0.2, -0.15) is 0 Å². The molecular weight excluding hydrogens is 448 g/mol. The minimum Gasteiger partial charge on any atom is -0.493 e. The Hall–Kier alpha value is -2.71. The maximum atomic E-state index is 12.9. The lowest BCUT2D eigenvalue weighted by atomic mass is 10.2. The van der Waals surface area contributed by atoms with E-state index in [2.05, 4.69) is 10.2 Å². The van der Waals surface area contributed by atoms with Crippen molar-refractivity contribution in [1.29, 1.82) is 0 Å². The van der Waals surface area contributed by atoms with Gasteiger partial charge in [0.15, 0.2) is 22.5 Å². The van der Waals surface area contributed by atoms with Gasteiger partial charge in [0.2, 0.25) is 5.91 Å². The fourth-order valence-electron chi connectivity index (χ4n) is 3.29. The molecule has 170 valence electrons. The number of rotatable bonds is 10. The Morgan fingerprint density at radius 2 is 1.78 bits per heavy atom. The molecule has 0 radical (unpaired) electrons. The molecule has 32 heavy (non-hydrogen) atoms. The van der Waals surface area contributed by atoms with Crippen LogP contribution in [0, 0.1) is 0 Å². The molecular formula is C23H27ClN4O3S. The predicted octanol–water partition coefficient (Wildman–Crippen LogP) is 4.78. The van der Waals surface area contributed by atoms with E-state index in [9.17, 15) is 4.79 Å². The Balaban J connectivity index is 1.68. The number of hydrogen-bond acceptors (Lipinski definition) is 6. The Morgan fingerprint density at radius 1 is 1.06 bits per heavy atom. The first-order valence-corrected chi connectivity index (χ1v) is 11.7. The molecule has 0 spiro atoms. The molecule has 0 unspecified atom stereocenters. The van der Waals surface area contributed by atoms with Crippen molar-refractivity contribution in [2.45, 2.75) is 32.1 Å². The van der Waals surface area contributed by atoms with Gasteiger partial charge >= 0.3 is 0 Å². The van der Waals surface area contributed by atoms with E-state index < -0.39 is 0 Å². The minimum atomic E-state index is 0.0333. The van der Waals surface area contributed by atoms with Gasteiger partial charge in [0, 0.05) is 30.2 Å². The SMILES string of the molecule is CCN(Cc1ccc(OC)c(OC)c1)C(=O)CSc1nnc(-c2ccc(Cl)cc2)n1CC. The molecule has 0 saturated heterocycles. The standard InChI is InChI=1S/C23H27ClN4O3S/c1-5-27(14-16-7-12-19(30-3)20(13-16)31-4)21(29)15-32-23-26-25-22(28(23)6-2)17-8-10-18(24)11-9-17/h7-13H,5-6,14-15H2,1-4H3. The summed E-state index contributed by atoms with van der Waals surface area (Å²) in [5.41, 5.74) is 1.91. The van der Waals surface area contributed by atoms with Crippen molar-refractivity contribution in [3.05, 3.63) is 53.1 Å². The number of benzene rings is 2. The van der Waals surface area contributed by atoms with Gasteiger partial charge in [0.25, 0.3) is 0 Å². The highest BCUT2D eigenvalue weighted by atomic mass is 35.5. The van der Waals surface area contributed by atoms with E-state index in [1.807, 2.05) is 60.9 Å². The normalized spacial score (nSPS) is 10.8. The van der Waals surface area contributed by atoms with E-state index in [1.165, 1.54) is 11.8 Å². The monoisotopic (exact) mass is 474 g/mol. The molecule has 0 aliphatic rings. The summed E-state index contributed by atoms with van der Waals surface area (Å²) in [5.74, 6) is 2.38. The van der Waals surface area contributed by atoms with Crippen LogP contribution in [0.15, 0.2) is 47.6 Å². The summed E-state index contributed by atoms with van der Waals surface area (Å²) < 4.78 is 12.7. The van der Waals surface area contributed by atoms with Crippen LogP contribution in [-0.2, 0) is 17.9 Å². The largest absolute Gasteiger partial charge is 0.493 e. The number of ether oxygens (including phenoxy) is 2. The number of nitrogens with zero attached hydrogens (tertiary/aromatic N) is 4. The molecule has 2 aromatic carbocycles. The smallest absolute Gasteiger partial charge is 0.233 e. The van der Waals surface area contributed by atoms with Crippen molar-refractivity contribution in [2.24, 2.45) is 0 Å². The van der Waals surface area contributed by atoms with Crippen molar-refractivity contribution < 1.29 is 14.3 Å². The third-order valence-corrected chi connectivity index (χ3v) is 6.22. The summed E-state index contributed by atoms with van der Waals surface area (Å²) in [5, 5.41) is 10.0. The molecule has 7 nitrogen and oxygen atoms in total. The van der Waals surface area contributed by atoms with Crippen LogP contribution in [0.3, 0.4) is 0 Å². The molecule has 0 saturated carbocycles. The fraction of sp³-hybridized carbons (Fsp3) is 0.348. The molecule has 0 aliphatic heterocycles. The minimum absolute atomic E-state index is 0.0333. The zero-order valence-corrected chi connectivity index (χ0v) is 20.2. The van der Waals surface area contributed by atoms with Crippen LogP contribution < -0.4 is 9.47 Å². The molecule has 0 N–H and O–H groups in total. The Labute approximate surface area is 197 Å². The lowest BCUT2D eigenvalue weighted by molar-refractivity contribution is -0.128. The molecule has 3 aromatic rings. The number of hydrogen-bond donors (Lipinski definition) is 0. The third-order valence-electron chi connectivity index (χ3n) is 5.02. The lowest BCUT2D eigenvalue weighted by Crippen LogP contribution is -2.31. The van der Waals surface area contributed by atoms with Crippen LogP contribution in [0.4, 0.5) is 0 Å². The summed E-state index contributed by atoms with van der Waals surface area (Å²) in [6, 6.07) is 13.2. The molecule has 3 rings (SSSR count). The summed E-state index contributed by atoms with van der Waals surface area (Å²) in [4.78, 5) is 14.7. The van der Waals surface area contributed by atoms with E-state index in [1.54, 1.807) is 19.1 Å². The average molecular weight is 475 g/mol. The van der Waals surface area contributed by atoms with Gasteiger partial charge in [-0.05, 0) is 55.8 Å². The number of carbonyl (C=O) groups is 1. The van der Waals surface area contributed by atoms with Crippen LogP contribution in [0.25, 0.3) is 11.4 Å². The fourth-order valence-corrected chi connectivity index (χ4v) is 4.32. The number of carbonyl (C=O) groups excluding carboxylic acids is 1. The highest BCUT2D eigenvalue weighted by Gasteiger charge is 2.18. The number of thioether (sulfide) groups is 1. The predicted molar refractivity (Wildman–Crippen MR) is 128 cm³/mol. The quantitative estimate of drug-likeness (QED) is 0.394. The lowest BCUT2D eigenvalue weighted by Gasteiger charge is -2.21. The highest BCUT2D eigenvalue weighted by Crippen LogP contribution is 2.29. The molecule has 1 heterocycles. The van der Waals surface area contributed by atoms with Crippen LogP contribution in [0.2, 0.25) is 5.02 Å². The van der Waals surface area contributed by atoms with Gasteiger partial charge in [-0.1, -0.05) is 29.4 Å². The first kappa shape index (κ1) is 23.9. The van der Waals surface area contributed by atoms with Gasteiger partial charge in [-0.3, -0.25) is 4.79 Å². The maximum Gasteiger partial charge on any atom is 0.233 e. The van der Waals surface area contributed by atoms with Crippen LogP contribution in [-0.4, -0.2) is 52.1 Å². The highest BCUT2D eigenvalue weighted by molar-refractivity contribution is 7.99. The Kier molecular flexibility index (Phi) is 8.41. The van der Waals surface area contributed by atoms with E-state index >= 15 is 0 Å². The zero-order valence-electron chi connectivity index (χ0n) is 18.7. The first-order chi connectivity index (χ1) is 15.5. The van der Waals surface area contributed by atoms with Crippen molar-refractivity contribution in [1.82, 2.24) is 19.7 Å². The van der Waals surface area contributed by atoms with E-state index in [0.29, 0.717) is 41.3 Å². The molecule has 1 amide bonds. The van der Waals surface area contributed by atoms with Crippen molar-refractivity contribution in [3.63, 3.8) is 0 Å². The third kappa shape index (κ3) is 5.55. The Bertz CT molecular complexity index is 1060. The van der Waals surface area contributed by atoms with Crippen molar-refractivity contribution in [2.75, 3.05) is 26.5 Å². The van der Waals surface area contributed by atoms with E-state index in [4.69, 9.17) is 21.1 Å². The van der Waals surface area contributed by atoms with Crippen LogP contribution in [0.1, 0.15) is 19.4 Å². The second-order valence-corrected chi connectivity index (χ2v) is 8.32. The van der Waals surface area contributed by atoms with Crippen molar-refractivity contribution in [3.8, 4) is 22.9 Å². The maximum absolute atomic E-state index is 12.9. The van der Waals surface area contributed by atoms with Crippen LogP contribution >= 0.6 is 23.4 Å². The van der Waals surface area contributed by atoms with Gasteiger partial charge in [-0.15, -0.1) is 10.2 Å². The summed E-state index contributed by atoms with van der Waals surface area (Å²) in [6.07, 6.45) is 0. The van der Waals surface area contributed by atoms with E-state index in [-0.39, 0.29) is 11.7 Å². The van der Waals surface area contributed by atoms with Gasteiger partial charge in [0.05, 0.1) is 20.0 Å². The molecule has 0 atom stereocenters. The average Bonchev–Trinajstić information content (AvgIpc) is 3.24. The molecule has 0 aliphatic carbocycles. The number of methoxy groups -OCH3 is 2. The van der Waals surface area contributed by atoms with Crippen molar-refractivity contribution >= 4 is 29.3 Å². The molecule has 1 aromatic heterocycles. The second-order valence-electron chi connectivity index (χ2n) is 6.94. The summed E-state index contributed by atoms with van der Waals surface area (Å²) in [6.45, 7) is 5.79. The van der Waals surface area contributed by atoms with E-state index in [0.717, 1.165) is 17.0 Å². The number of halogens is 1. The molecule has 9 heteroatoms. The Morgan fingerprint density at radius 3 is 2.41 bits per heavy atom. The van der Waals surface area contributed by atoms with Crippen LogP contribution in [0.5, 0.6) is 11.5 Å². The van der Waals surface area contributed by atoms with Gasteiger partial charge < -0.3 is 18.9 Å². The molecule has 0 bridgehead atoms. The van der Waals surface area contributed by atoms with Gasteiger partial charge in [0.1, 0.15) is 0 Å². The number of aromatic nitrogens is 3. The topological polar surface area (TPSA) is 69.5 Å². The second kappa shape index (κ2) is 11.2. The zero-order chi connectivity index (χ0) is 23.1. The molecule has 0 fully saturated rings.